The maximum atomic E-state index is 12.1. The third-order valence-corrected chi connectivity index (χ3v) is 3.40. The molecule has 1 N–H and O–H groups in total. The average molecular weight is 276 g/mol. The molecule has 1 aliphatic rings. The quantitative estimate of drug-likeness (QED) is 0.891. The van der Waals surface area contributed by atoms with Crippen LogP contribution in [0.25, 0.3) is 0 Å². The average Bonchev–Trinajstić information content (AvgIpc) is 2.70. The molecular weight excluding hydrogens is 256 g/mol. The Morgan fingerprint density at radius 2 is 2.10 bits per heavy atom. The molecule has 1 aromatic carbocycles. The highest BCUT2D eigenvalue weighted by Crippen LogP contribution is 2.13. The fourth-order valence-electron chi connectivity index (χ4n) is 2.22. The molecule has 0 aromatic heterocycles. The molecule has 1 aliphatic heterocycles. The van der Waals surface area contributed by atoms with Crippen LogP contribution < -0.4 is 10.1 Å². The summed E-state index contributed by atoms with van der Waals surface area (Å²) in [6.07, 6.45) is 1.93. The number of hydrogen-bond donors (Lipinski definition) is 1. The summed E-state index contributed by atoms with van der Waals surface area (Å²) in [7, 11) is 1.63. The Hall–Kier alpha value is -2.04. The van der Waals surface area contributed by atoms with Crippen molar-refractivity contribution in [3.8, 4) is 5.75 Å². The lowest BCUT2D eigenvalue weighted by Crippen LogP contribution is -2.37. The molecule has 0 aliphatic carbocycles. The number of benzene rings is 1. The zero-order valence-electron chi connectivity index (χ0n) is 11.7. The topological polar surface area (TPSA) is 58.6 Å². The SMILES string of the molecule is COc1ccc(CCC(=O)N2CCCNC(=O)C2)cc1. The van der Waals surface area contributed by atoms with Crippen molar-refractivity contribution in [1.29, 1.82) is 0 Å². The largest absolute Gasteiger partial charge is 0.497 e. The first-order chi connectivity index (χ1) is 9.69. The molecule has 1 saturated heterocycles. The van der Waals surface area contributed by atoms with Gasteiger partial charge in [0.25, 0.3) is 0 Å². The van der Waals surface area contributed by atoms with Gasteiger partial charge in [0, 0.05) is 19.5 Å². The summed E-state index contributed by atoms with van der Waals surface area (Å²) in [5, 5.41) is 2.77. The zero-order chi connectivity index (χ0) is 14.4. The summed E-state index contributed by atoms with van der Waals surface area (Å²) in [5.41, 5.74) is 1.10. The molecule has 5 nitrogen and oxygen atoms in total. The van der Waals surface area contributed by atoms with Gasteiger partial charge in [0.15, 0.2) is 0 Å². The van der Waals surface area contributed by atoms with Crippen LogP contribution in [-0.4, -0.2) is 43.5 Å². The predicted octanol–water partition coefficient (Wildman–Crippen LogP) is 0.976. The van der Waals surface area contributed by atoms with Crippen LogP contribution in [0.3, 0.4) is 0 Å². The summed E-state index contributed by atoms with van der Waals surface area (Å²) < 4.78 is 5.10. The highest BCUT2D eigenvalue weighted by Gasteiger charge is 2.19. The van der Waals surface area contributed by atoms with Gasteiger partial charge in [-0.2, -0.15) is 0 Å². The molecule has 0 spiro atoms. The van der Waals surface area contributed by atoms with Gasteiger partial charge in [-0.3, -0.25) is 9.59 Å². The first-order valence-corrected chi connectivity index (χ1v) is 6.86. The third-order valence-electron chi connectivity index (χ3n) is 3.40. The minimum atomic E-state index is -0.0692. The van der Waals surface area contributed by atoms with Crippen LogP contribution in [0.2, 0.25) is 0 Å². The Kier molecular flexibility index (Phi) is 4.98. The number of hydrogen-bond acceptors (Lipinski definition) is 3. The van der Waals surface area contributed by atoms with Gasteiger partial charge in [-0.25, -0.2) is 0 Å². The van der Waals surface area contributed by atoms with Gasteiger partial charge in [-0.15, -0.1) is 0 Å². The highest BCUT2D eigenvalue weighted by molar-refractivity contribution is 5.85. The van der Waals surface area contributed by atoms with Crippen molar-refractivity contribution in [2.75, 3.05) is 26.7 Å². The zero-order valence-corrected chi connectivity index (χ0v) is 11.7. The van der Waals surface area contributed by atoms with Crippen molar-refractivity contribution >= 4 is 11.8 Å². The van der Waals surface area contributed by atoms with E-state index in [1.807, 2.05) is 24.3 Å². The second-order valence-corrected chi connectivity index (χ2v) is 4.87. The number of methoxy groups -OCH3 is 1. The normalized spacial score (nSPS) is 15.4. The lowest BCUT2D eigenvalue weighted by Gasteiger charge is -2.18. The number of rotatable bonds is 4. The Balaban J connectivity index is 1.85. The maximum Gasteiger partial charge on any atom is 0.239 e. The Morgan fingerprint density at radius 1 is 1.35 bits per heavy atom. The maximum absolute atomic E-state index is 12.1. The standard InChI is InChI=1S/C15H20N2O3/c1-20-13-6-3-12(4-7-13)5-8-15(19)17-10-2-9-16-14(18)11-17/h3-4,6-7H,2,5,8-11H2,1H3,(H,16,18). The molecule has 0 radical (unpaired) electrons. The Labute approximate surface area is 118 Å². The molecular formula is C15H20N2O3. The molecule has 108 valence electrons. The highest BCUT2D eigenvalue weighted by atomic mass is 16.5. The van der Waals surface area contributed by atoms with Gasteiger partial charge >= 0.3 is 0 Å². The van der Waals surface area contributed by atoms with Crippen molar-refractivity contribution in [3.05, 3.63) is 29.8 Å². The third kappa shape index (κ3) is 3.98. The van der Waals surface area contributed by atoms with E-state index in [1.165, 1.54) is 0 Å². The Morgan fingerprint density at radius 3 is 2.80 bits per heavy atom. The van der Waals surface area contributed by atoms with Crippen molar-refractivity contribution in [3.63, 3.8) is 0 Å². The van der Waals surface area contributed by atoms with E-state index in [0.29, 0.717) is 25.9 Å². The molecule has 20 heavy (non-hydrogen) atoms. The Bertz CT molecular complexity index is 471. The molecule has 0 bridgehead atoms. The van der Waals surface area contributed by atoms with Crippen LogP contribution in [0.4, 0.5) is 0 Å². The molecule has 2 amide bonds. The van der Waals surface area contributed by atoms with Crippen molar-refractivity contribution < 1.29 is 14.3 Å². The lowest BCUT2D eigenvalue weighted by atomic mass is 10.1. The van der Waals surface area contributed by atoms with E-state index in [1.54, 1.807) is 12.0 Å². The van der Waals surface area contributed by atoms with Crippen LogP contribution in [-0.2, 0) is 16.0 Å². The molecule has 0 saturated carbocycles. The smallest absolute Gasteiger partial charge is 0.239 e. The summed E-state index contributed by atoms with van der Waals surface area (Å²) >= 11 is 0. The van der Waals surface area contributed by atoms with Crippen LogP contribution in [0.5, 0.6) is 5.75 Å². The molecule has 1 fully saturated rings. The minimum Gasteiger partial charge on any atom is -0.497 e. The van der Waals surface area contributed by atoms with Crippen molar-refractivity contribution in [2.45, 2.75) is 19.3 Å². The van der Waals surface area contributed by atoms with Gasteiger partial charge < -0.3 is 15.0 Å². The van der Waals surface area contributed by atoms with E-state index in [4.69, 9.17) is 4.74 Å². The van der Waals surface area contributed by atoms with E-state index in [2.05, 4.69) is 5.32 Å². The number of ether oxygens (including phenoxy) is 1. The number of carbonyl (C=O) groups is 2. The van der Waals surface area contributed by atoms with Gasteiger partial charge in [-0.05, 0) is 30.5 Å². The van der Waals surface area contributed by atoms with Gasteiger partial charge in [0.05, 0.1) is 13.7 Å². The molecule has 0 atom stereocenters. The van der Waals surface area contributed by atoms with Crippen molar-refractivity contribution in [1.82, 2.24) is 10.2 Å². The number of amides is 2. The second-order valence-electron chi connectivity index (χ2n) is 4.87. The van der Waals surface area contributed by atoms with Crippen LogP contribution in [0, 0.1) is 0 Å². The van der Waals surface area contributed by atoms with E-state index in [-0.39, 0.29) is 18.4 Å². The van der Waals surface area contributed by atoms with Crippen LogP contribution in [0.15, 0.2) is 24.3 Å². The minimum absolute atomic E-state index is 0.0397. The van der Waals surface area contributed by atoms with E-state index in [9.17, 15) is 9.59 Å². The molecule has 2 rings (SSSR count). The monoisotopic (exact) mass is 276 g/mol. The second kappa shape index (κ2) is 6.93. The van der Waals surface area contributed by atoms with Gasteiger partial charge in [0.1, 0.15) is 5.75 Å². The fraction of sp³-hybridized carbons (Fsp3) is 0.467. The van der Waals surface area contributed by atoms with Gasteiger partial charge in [0.2, 0.25) is 11.8 Å². The van der Waals surface area contributed by atoms with E-state index >= 15 is 0 Å². The van der Waals surface area contributed by atoms with E-state index < -0.39 is 0 Å². The summed E-state index contributed by atoms with van der Waals surface area (Å²) in [6.45, 7) is 1.49. The number of aryl methyl sites for hydroxylation is 1. The molecule has 1 aromatic rings. The first kappa shape index (κ1) is 14.4. The van der Waals surface area contributed by atoms with Crippen LogP contribution >= 0.6 is 0 Å². The van der Waals surface area contributed by atoms with Crippen molar-refractivity contribution in [2.24, 2.45) is 0 Å². The van der Waals surface area contributed by atoms with Crippen LogP contribution in [0.1, 0.15) is 18.4 Å². The van der Waals surface area contributed by atoms with E-state index in [0.717, 1.165) is 17.7 Å². The summed E-state index contributed by atoms with van der Waals surface area (Å²) in [6, 6.07) is 7.70. The molecule has 1 heterocycles. The summed E-state index contributed by atoms with van der Waals surface area (Å²) in [5.74, 6) is 0.780. The lowest BCUT2D eigenvalue weighted by molar-refractivity contribution is -0.135. The van der Waals surface area contributed by atoms with Gasteiger partial charge in [-0.1, -0.05) is 12.1 Å². The molecule has 0 unspecified atom stereocenters. The fourth-order valence-corrected chi connectivity index (χ4v) is 2.22. The number of carbonyl (C=O) groups excluding carboxylic acids is 2. The first-order valence-electron chi connectivity index (χ1n) is 6.86. The summed E-state index contributed by atoms with van der Waals surface area (Å²) in [4.78, 5) is 25.2. The molecule has 5 heteroatoms. The number of nitrogens with zero attached hydrogens (tertiary/aromatic N) is 1. The number of nitrogens with one attached hydrogen (secondary N) is 1. The predicted molar refractivity (Wildman–Crippen MR) is 75.5 cm³/mol.